The summed E-state index contributed by atoms with van der Waals surface area (Å²) in [4.78, 5) is 4.97. The highest BCUT2D eigenvalue weighted by Gasteiger charge is 2.26. The fourth-order valence-corrected chi connectivity index (χ4v) is 2.94. The molecule has 0 bridgehead atoms. The maximum absolute atomic E-state index is 13.2. The van der Waals surface area contributed by atoms with Gasteiger partial charge < -0.3 is 10.6 Å². The van der Waals surface area contributed by atoms with E-state index in [2.05, 4.69) is 9.80 Å². The number of nitrogens with two attached hydrogens (primary N) is 1. The second-order valence-corrected chi connectivity index (χ2v) is 6.21. The van der Waals surface area contributed by atoms with Gasteiger partial charge >= 0.3 is 0 Å². The van der Waals surface area contributed by atoms with E-state index < -0.39 is 0 Å². The molecular weight excluding hydrogens is 253 g/mol. The van der Waals surface area contributed by atoms with E-state index in [0.29, 0.717) is 0 Å². The van der Waals surface area contributed by atoms with Crippen molar-refractivity contribution in [1.82, 2.24) is 9.80 Å². The van der Waals surface area contributed by atoms with E-state index >= 15 is 0 Å². The van der Waals surface area contributed by atoms with Crippen LogP contribution in [0.4, 0.5) is 4.39 Å². The van der Waals surface area contributed by atoms with Crippen LogP contribution < -0.4 is 5.73 Å². The van der Waals surface area contributed by atoms with E-state index in [1.54, 1.807) is 12.1 Å². The molecule has 2 aliphatic rings. The zero-order chi connectivity index (χ0) is 13.9. The molecule has 1 saturated heterocycles. The fourth-order valence-electron chi connectivity index (χ4n) is 2.94. The molecule has 0 spiro atoms. The summed E-state index contributed by atoms with van der Waals surface area (Å²) in [6, 6.07) is 6.57. The van der Waals surface area contributed by atoms with Crippen molar-refractivity contribution in [3.63, 3.8) is 0 Å². The van der Waals surface area contributed by atoms with Crippen molar-refractivity contribution in [2.75, 3.05) is 39.3 Å². The quantitative estimate of drug-likeness (QED) is 0.891. The van der Waals surface area contributed by atoms with Crippen LogP contribution in [0, 0.1) is 11.7 Å². The number of nitrogens with zero attached hydrogens (tertiary/aromatic N) is 2. The van der Waals surface area contributed by atoms with Crippen molar-refractivity contribution in [3.05, 3.63) is 35.6 Å². The van der Waals surface area contributed by atoms with Gasteiger partial charge in [-0.2, -0.15) is 0 Å². The molecule has 1 heterocycles. The summed E-state index contributed by atoms with van der Waals surface area (Å²) in [5, 5.41) is 0. The molecule has 1 aliphatic carbocycles. The topological polar surface area (TPSA) is 32.5 Å². The molecule has 2 N–H and O–H groups in total. The lowest BCUT2D eigenvalue weighted by molar-refractivity contribution is 0.123. The molecule has 1 aromatic carbocycles. The minimum absolute atomic E-state index is 0.0966. The van der Waals surface area contributed by atoms with Crippen LogP contribution in [-0.4, -0.2) is 49.1 Å². The third-order valence-corrected chi connectivity index (χ3v) is 4.41. The Kier molecular flexibility index (Phi) is 4.34. The molecule has 4 heteroatoms. The molecule has 3 rings (SSSR count). The standard InChI is InChI=1S/C16H24FN3/c17-15-3-1-2-14(10-15)16(18)12-20-8-6-19(7-9-20)11-13-4-5-13/h1-3,10,13,16H,4-9,11-12,18H2. The number of piperazine rings is 1. The zero-order valence-electron chi connectivity index (χ0n) is 12.0. The molecule has 1 saturated carbocycles. The molecule has 1 aromatic rings. The lowest BCUT2D eigenvalue weighted by Gasteiger charge is -2.36. The Morgan fingerprint density at radius 2 is 1.85 bits per heavy atom. The summed E-state index contributed by atoms with van der Waals surface area (Å²) in [7, 11) is 0. The van der Waals surface area contributed by atoms with E-state index in [1.165, 1.54) is 25.5 Å². The van der Waals surface area contributed by atoms with Gasteiger partial charge in [-0.15, -0.1) is 0 Å². The molecule has 1 atom stereocenters. The van der Waals surface area contributed by atoms with Crippen molar-refractivity contribution >= 4 is 0 Å². The van der Waals surface area contributed by atoms with Crippen LogP contribution in [0.3, 0.4) is 0 Å². The summed E-state index contributed by atoms with van der Waals surface area (Å²) in [6.45, 7) is 6.55. The predicted molar refractivity (Wildman–Crippen MR) is 78.9 cm³/mol. The molecule has 0 aromatic heterocycles. The van der Waals surface area contributed by atoms with Gasteiger partial charge in [0.25, 0.3) is 0 Å². The van der Waals surface area contributed by atoms with Gasteiger partial charge in [0.05, 0.1) is 0 Å². The first-order valence-electron chi connectivity index (χ1n) is 7.66. The fraction of sp³-hybridized carbons (Fsp3) is 0.625. The highest BCUT2D eigenvalue weighted by molar-refractivity contribution is 5.20. The van der Waals surface area contributed by atoms with Crippen LogP contribution in [0.15, 0.2) is 24.3 Å². The van der Waals surface area contributed by atoms with Gasteiger partial charge in [-0.3, -0.25) is 4.90 Å². The van der Waals surface area contributed by atoms with Crippen LogP contribution in [0.25, 0.3) is 0 Å². The van der Waals surface area contributed by atoms with Crippen LogP contribution in [0.1, 0.15) is 24.4 Å². The number of rotatable bonds is 5. The van der Waals surface area contributed by atoms with Gasteiger partial charge in [0, 0.05) is 45.3 Å². The monoisotopic (exact) mass is 277 g/mol. The van der Waals surface area contributed by atoms with Crippen molar-refractivity contribution in [2.24, 2.45) is 11.7 Å². The Morgan fingerprint density at radius 3 is 2.50 bits per heavy atom. The van der Waals surface area contributed by atoms with Crippen molar-refractivity contribution in [3.8, 4) is 0 Å². The van der Waals surface area contributed by atoms with Gasteiger partial charge in [0.1, 0.15) is 5.82 Å². The van der Waals surface area contributed by atoms with Crippen molar-refractivity contribution < 1.29 is 4.39 Å². The maximum atomic E-state index is 13.2. The number of hydrogen-bond acceptors (Lipinski definition) is 3. The molecule has 1 unspecified atom stereocenters. The van der Waals surface area contributed by atoms with Crippen molar-refractivity contribution in [2.45, 2.75) is 18.9 Å². The van der Waals surface area contributed by atoms with Crippen LogP contribution >= 0.6 is 0 Å². The van der Waals surface area contributed by atoms with E-state index in [4.69, 9.17) is 5.73 Å². The predicted octanol–water partition coefficient (Wildman–Crippen LogP) is 1.85. The molecule has 3 nitrogen and oxygen atoms in total. The summed E-state index contributed by atoms with van der Waals surface area (Å²) in [5.41, 5.74) is 7.09. The highest BCUT2D eigenvalue weighted by Crippen LogP contribution is 2.30. The smallest absolute Gasteiger partial charge is 0.123 e. The summed E-state index contributed by atoms with van der Waals surface area (Å²) < 4.78 is 13.2. The zero-order valence-corrected chi connectivity index (χ0v) is 12.0. The molecule has 2 fully saturated rings. The van der Waals surface area contributed by atoms with E-state index in [9.17, 15) is 4.39 Å². The molecule has 1 aliphatic heterocycles. The van der Waals surface area contributed by atoms with Gasteiger partial charge in [0.2, 0.25) is 0 Å². The Morgan fingerprint density at radius 1 is 1.15 bits per heavy atom. The van der Waals surface area contributed by atoms with E-state index in [-0.39, 0.29) is 11.9 Å². The summed E-state index contributed by atoms with van der Waals surface area (Å²) in [6.07, 6.45) is 2.84. The van der Waals surface area contributed by atoms with Crippen LogP contribution in [-0.2, 0) is 0 Å². The Balaban J connectivity index is 1.46. The molecule has 0 amide bonds. The van der Waals surface area contributed by atoms with Crippen LogP contribution in [0.5, 0.6) is 0 Å². The Bertz CT molecular complexity index is 439. The first-order chi connectivity index (χ1) is 9.70. The molecular formula is C16H24FN3. The van der Waals surface area contributed by atoms with Gasteiger partial charge in [-0.25, -0.2) is 4.39 Å². The largest absolute Gasteiger partial charge is 0.323 e. The minimum Gasteiger partial charge on any atom is -0.323 e. The second-order valence-electron chi connectivity index (χ2n) is 6.21. The lowest BCUT2D eigenvalue weighted by atomic mass is 10.1. The minimum atomic E-state index is -0.202. The number of hydrogen-bond donors (Lipinski definition) is 1. The van der Waals surface area contributed by atoms with Gasteiger partial charge in [0.15, 0.2) is 0 Å². The maximum Gasteiger partial charge on any atom is 0.123 e. The molecule has 20 heavy (non-hydrogen) atoms. The van der Waals surface area contributed by atoms with Crippen molar-refractivity contribution in [1.29, 1.82) is 0 Å². The third kappa shape index (κ3) is 3.78. The average molecular weight is 277 g/mol. The second kappa shape index (κ2) is 6.20. The van der Waals surface area contributed by atoms with E-state index in [0.717, 1.165) is 44.2 Å². The van der Waals surface area contributed by atoms with Gasteiger partial charge in [-0.05, 0) is 36.5 Å². The molecule has 110 valence electrons. The normalized spacial score (nSPS) is 22.9. The SMILES string of the molecule is NC(CN1CCN(CC2CC2)CC1)c1cccc(F)c1. The number of benzene rings is 1. The summed E-state index contributed by atoms with van der Waals surface area (Å²) >= 11 is 0. The Hall–Kier alpha value is -0.970. The summed E-state index contributed by atoms with van der Waals surface area (Å²) in [5.74, 6) is 0.767. The number of halogens is 1. The lowest BCUT2D eigenvalue weighted by Crippen LogP contribution is -2.48. The molecule has 0 radical (unpaired) electrons. The van der Waals surface area contributed by atoms with E-state index in [1.807, 2.05) is 6.07 Å². The van der Waals surface area contributed by atoms with Gasteiger partial charge in [-0.1, -0.05) is 12.1 Å². The third-order valence-electron chi connectivity index (χ3n) is 4.41. The average Bonchev–Trinajstić information content (AvgIpc) is 3.25. The Labute approximate surface area is 120 Å². The first-order valence-corrected chi connectivity index (χ1v) is 7.66. The van der Waals surface area contributed by atoms with Crippen LogP contribution in [0.2, 0.25) is 0 Å². The highest BCUT2D eigenvalue weighted by atomic mass is 19.1. The first kappa shape index (κ1) is 14.0.